The van der Waals surface area contributed by atoms with Gasteiger partial charge in [0.1, 0.15) is 5.69 Å². The molecule has 0 aliphatic heterocycles. The van der Waals surface area contributed by atoms with Gasteiger partial charge in [-0.25, -0.2) is 4.68 Å². The first-order valence-corrected chi connectivity index (χ1v) is 9.18. The van der Waals surface area contributed by atoms with Crippen LogP contribution in [0.15, 0.2) is 57.9 Å². The Morgan fingerprint density at radius 1 is 1.17 bits per heavy atom. The number of rotatable bonds is 9. The molecule has 0 aliphatic carbocycles. The number of aromatic nitrogens is 2. The molecule has 156 valence electrons. The first kappa shape index (κ1) is 20.8. The summed E-state index contributed by atoms with van der Waals surface area (Å²) in [7, 11) is 1.45. The van der Waals surface area contributed by atoms with Gasteiger partial charge in [0.15, 0.2) is 29.6 Å². The van der Waals surface area contributed by atoms with Crippen LogP contribution in [0.4, 0.5) is 0 Å². The second-order valence-corrected chi connectivity index (χ2v) is 6.32. The van der Waals surface area contributed by atoms with Crippen molar-refractivity contribution in [3.05, 3.63) is 64.6 Å². The normalized spacial score (nSPS) is 10.5. The minimum Gasteiger partial charge on any atom is -0.493 e. The molecule has 1 N–H and O–H groups in total. The van der Waals surface area contributed by atoms with Crippen molar-refractivity contribution in [3.8, 4) is 23.0 Å². The number of ketones is 1. The van der Waals surface area contributed by atoms with Crippen molar-refractivity contribution in [3.63, 3.8) is 0 Å². The van der Waals surface area contributed by atoms with Gasteiger partial charge in [-0.1, -0.05) is 0 Å². The summed E-state index contributed by atoms with van der Waals surface area (Å²) in [5.74, 6) is 0.786. The fourth-order valence-electron chi connectivity index (χ4n) is 2.67. The van der Waals surface area contributed by atoms with E-state index in [0.717, 1.165) is 0 Å². The third kappa shape index (κ3) is 5.13. The molecule has 0 saturated carbocycles. The molecule has 0 saturated heterocycles. The minimum absolute atomic E-state index is 0.0995. The van der Waals surface area contributed by atoms with E-state index >= 15 is 0 Å². The van der Waals surface area contributed by atoms with E-state index in [1.54, 1.807) is 36.4 Å². The SMILES string of the molecule is COc1cc(C(C)=O)ccc1OCC(=O)NCCn1nc(-c2ccco2)ccc1=O. The number of amides is 1. The van der Waals surface area contributed by atoms with Gasteiger partial charge in [-0.2, -0.15) is 5.10 Å². The van der Waals surface area contributed by atoms with E-state index in [2.05, 4.69) is 10.4 Å². The van der Waals surface area contributed by atoms with Gasteiger partial charge in [-0.15, -0.1) is 0 Å². The zero-order valence-corrected chi connectivity index (χ0v) is 16.6. The molecule has 0 fully saturated rings. The molecule has 30 heavy (non-hydrogen) atoms. The number of carbonyl (C=O) groups is 2. The highest BCUT2D eigenvalue weighted by molar-refractivity contribution is 5.94. The van der Waals surface area contributed by atoms with Gasteiger partial charge in [-0.3, -0.25) is 14.4 Å². The fraction of sp³-hybridized carbons (Fsp3) is 0.238. The lowest BCUT2D eigenvalue weighted by atomic mass is 10.1. The molecule has 0 spiro atoms. The second kappa shape index (κ2) is 9.55. The van der Waals surface area contributed by atoms with Gasteiger partial charge >= 0.3 is 0 Å². The highest BCUT2D eigenvalue weighted by atomic mass is 16.5. The van der Waals surface area contributed by atoms with Crippen LogP contribution in [-0.4, -0.2) is 41.7 Å². The average Bonchev–Trinajstić information content (AvgIpc) is 3.28. The molecule has 0 radical (unpaired) electrons. The highest BCUT2D eigenvalue weighted by Gasteiger charge is 2.11. The molecular formula is C21H21N3O6. The molecule has 3 rings (SSSR count). The maximum atomic E-state index is 12.1. The summed E-state index contributed by atoms with van der Waals surface area (Å²) in [5.41, 5.74) is 0.722. The first-order valence-electron chi connectivity index (χ1n) is 9.18. The van der Waals surface area contributed by atoms with Gasteiger partial charge in [-0.05, 0) is 43.3 Å². The molecule has 0 unspecified atom stereocenters. The Labute approximate surface area is 172 Å². The number of benzene rings is 1. The molecule has 1 amide bonds. The summed E-state index contributed by atoms with van der Waals surface area (Å²) < 4.78 is 17.2. The van der Waals surface area contributed by atoms with Crippen molar-refractivity contribution < 1.29 is 23.5 Å². The summed E-state index contributed by atoms with van der Waals surface area (Å²) in [6.07, 6.45) is 1.52. The maximum Gasteiger partial charge on any atom is 0.266 e. The van der Waals surface area contributed by atoms with Crippen LogP contribution in [-0.2, 0) is 11.3 Å². The Balaban J connectivity index is 1.53. The molecule has 1 aromatic carbocycles. The summed E-state index contributed by atoms with van der Waals surface area (Å²) >= 11 is 0. The molecular weight excluding hydrogens is 390 g/mol. The van der Waals surface area contributed by atoms with Crippen LogP contribution in [0.1, 0.15) is 17.3 Å². The molecule has 3 aromatic rings. The smallest absolute Gasteiger partial charge is 0.266 e. The van der Waals surface area contributed by atoms with E-state index in [0.29, 0.717) is 28.5 Å². The lowest BCUT2D eigenvalue weighted by Crippen LogP contribution is -2.34. The zero-order chi connectivity index (χ0) is 21.5. The van der Waals surface area contributed by atoms with Crippen molar-refractivity contribution >= 4 is 11.7 Å². The van der Waals surface area contributed by atoms with Crippen LogP contribution < -0.4 is 20.3 Å². The van der Waals surface area contributed by atoms with Crippen molar-refractivity contribution in [2.45, 2.75) is 13.5 Å². The summed E-state index contributed by atoms with van der Waals surface area (Å²) in [5, 5.41) is 6.90. The third-order valence-electron chi connectivity index (χ3n) is 4.21. The molecule has 0 aliphatic rings. The monoisotopic (exact) mass is 411 g/mol. The van der Waals surface area contributed by atoms with Crippen LogP contribution >= 0.6 is 0 Å². The van der Waals surface area contributed by atoms with Crippen LogP contribution in [0.25, 0.3) is 11.5 Å². The van der Waals surface area contributed by atoms with Crippen molar-refractivity contribution in [2.24, 2.45) is 0 Å². The summed E-state index contributed by atoms with van der Waals surface area (Å²) in [6.45, 7) is 1.59. The Morgan fingerprint density at radius 2 is 2.00 bits per heavy atom. The standard InChI is InChI=1S/C21H21N3O6/c1-14(25)15-5-7-18(19(12-15)28-2)30-13-20(26)22-9-10-24-21(27)8-6-16(23-24)17-4-3-11-29-17/h3-8,11-12H,9-10,13H2,1-2H3,(H,22,26). The highest BCUT2D eigenvalue weighted by Crippen LogP contribution is 2.28. The molecule has 2 heterocycles. The number of hydrogen-bond acceptors (Lipinski definition) is 7. The molecule has 9 heteroatoms. The Kier molecular flexibility index (Phi) is 6.63. The lowest BCUT2D eigenvalue weighted by molar-refractivity contribution is -0.123. The first-order chi connectivity index (χ1) is 14.5. The average molecular weight is 411 g/mol. The van der Waals surface area contributed by atoms with E-state index in [4.69, 9.17) is 13.9 Å². The lowest BCUT2D eigenvalue weighted by Gasteiger charge is -2.12. The molecule has 2 aromatic heterocycles. The number of hydrogen-bond donors (Lipinski definition) is 1. The zero-order valence-electron chi connectivity index (χ0n) is 16.6. The van der Waals surface area contributed by atoms with Gasteiger partial charge in [0, 0.05) is 18.2 Å². The molecule has 9 nitrogen and oxygen atoms in total. The molecule has 0 bridgehead atoms. The van der Waals surface area contributed by atoms with E-state index < -0.39 is 0 Å². The van der Waals surface area contributed by atoms with Crippen LogP contribution in [0.2, 0.25) is 0 Å². The Bertz CT molecular complexity index is 1090. The van der Waals surface area contributed by atoms with E-state index in [1.807, 2.05) is 0 Å². The van der Waals surface area contributed by atoms with E-state index in [-0.39, 0.29) is 36.9 Å². The minimum atomic E-state index is -0.372. The van der Waals surface area contributed by atoms with E-state index in [1.165, 1.54) is 31.0 Å². The van der Waals surface area contributed by atoms with Crippen molar-refractivity contribution in [1.82, 2.24) is 15.1 Å². The van der Waals surface area contributed by atoms with Crippen LogP contribution in [0, 0.1) is 0 Å². The second-order valence-electron chi connectivity index (χ2n) is 6.32. The number of methoxy groups -OCH3 is 1. The van der Waals surface area contributed by atoms with Gasteiger partial charge in [0.05, 0.1) is 19.9 Å². The molecule has 0 atom stereocenters. The Morgan fingerprint density at radius 3 is 2.70 bits per heavy atom. The van der Waals surface area contributed by atoms with Crippen LogP contribution in [0.5, 0.6) is 11.5 Å². The van der Waals surface area contributed by atoms with Crippen molar-refractivity contribution in [1.29, 1.82) is 0 Å². The van der Waals surface area contributed by atoms with Gasteiger partial charge in [0.2, 0.25) is 0 Å². The number of nitrogens with one attached hydrogen (secondary N) is 1. The number of furan rings is 1. The largest absolute Gasteiger partial charge is 0.493 e. The topological polar surface area (TPSA) is 113 Å². The summed E-state index contributed by atoms with van der Waals surface area (Å²) in [4.78, 5) is 35.5. The number of carbonyl (C=O) groups excluding carboxylic acids is 2. The quantitative estimate of drug-likeness (QED) is 0.535. The summed E-state index contributed by atoms with van der Waals surface area (Å²) in [6, 6.07) is 11.2. The number of Topliss-reactive ketones (excluding diaryl/α,β-unsaturated/α-hetero) is 1. The van der Waals surface area contributed by atoms with E-state index in [9.17, 15) is 14.4 Å². The van der Waals surface area contributed by atoms with Crippen molar-refractivity contribution in [2.75, 3.05) is 20.3 Å². The Hall–Kier alpha value is -3.88. The fourth-order valence-corrected chi connectivity index (χ4v) is 2.67. The van der Waals surface area contributed by atoms with Gasteiger partial charge < -0.3 is 19.2 Å². The predicted molar refractivity (Wildman–Crippen MR) is 108 cm³/mol. The van der Waals surface area contributed by atoms with Crippen LogP contribution in [0.3, 0.4) is 0 Å². The number of ether oxygens (including phenoxy) is 2. The predicted octanol–water partition coefficient (Wildman–Crippen LogP) is 1.91. The van der Waals surface area contributed by atoms with Gasteiger partial charge in [0.25, 0.3) is 11.5 Å². The third-order valence-corrected chi connectivity index (χ3v) is 4.21. The number of nitrogens with zero attached hydrogens (tertiary/aromatic N) is 2. The maximum absolute atomic E-state index is 12.1.